The molecule has 336 valence electrons. The molecular formula is C42H38ClF6N9O5S. The van der Waals surface area contributed by atoms with Gasteiger partial charge in [-0.05, 0) is 73.2 Å². The first-order valence-electron chi connectivity index (χ1n) is 20.3. The predicted octanol–water partition coefficient (Wildman–Crippen LogP) is 6.64. The summed E-state index contributed by atoms with van der Waals surface area (Å²) < 4.78 is 125. The standard InChI is InChI=1S/C42H38ClF6N9O5S/c1-55-35-30(6-5-27(43)33(35)38(53-55)54-64(2,61)62)58-39(51-28-15-23(3-4-24(28)40(58)60)56-9-7-41(8-10-56)18-63-19-41)29(13-20-11-21(44)14-22(45)12-20)50-31(59)17-57-36-32(34(52-57)37(46)47)25-16-26(25)42(36,48)49/h3-6,11-12,14-15,25-26,29,37H,7-10,13,16-19H2,1-2H3,(H,50,59)(H,53,54)/t25-,26+,29-/m0/s1. The largest absolute Gasteiger partial charge is 0.380 e. The molecule has 0 unspecified atom stereocenters. The number of hydrogen-bond acceptors (Lipinski definition) is 9. The van der Waals surface area contributed by atoms with E-state index in [9.17, 15) is 30.8 Å². The number of rotatable bonds is 11. The van der Waals surface area contributed by atoms with Gasteiger partial charge in [0.2, 0.25) is 15.9 Å². The molecule has 0 radical (unpaired) electrons. The molecular weight excluding hydrogens is 892 g/mol. The number of hydrogen-bond donors (Lipinski definition) is 2. The number of alkyl halides is 4. The molecule has 14 nitrogen and oxygen atoms in total. The molecule has 3 fully saturated rings. The minimum atomic E-state index is -3.90. The molecule has 2 aliphatic carbocycles. The second-order valence-corrected chi connectivity index (χ2v) is 19.4. The molecule has 3 aromatic carbocycles. The van der Waals surface area contributed by atoms with Crippen LogP contribution in [0.3, 0.4) is 0 Å². The SMILES string of the molecule is Cn1nc(NS(C)(=O)=O)c2c(Cl)ccc(-n3c([C@H](Cc4cc(F)cc(F)c4)NC(=O)Cn4nc(C(F)F)c5c4C(F)(F)[C@@H]4C[C@H]54)nc4cc(N5CCC6(CC5)COC6)ccc4c3=O)c21. The molecule has 4 aliphatic rings. The van der Waals surface area contributed by atoms with Crippen molar-refractivity contribution in [3.63, 3.8) is 0 Å². The Bertz CT molecular complexity index is 3090. The molecule has 6 aromatic rings. The Morgan fingerprint density at radius 3 is 2.41 bits per heavy atom. The highest BCUT2D eigenvalue weighted by Crippen LogP contribution is 2.68. The van der Waals surface area contributed by atoms with Gasteiger partial charge in [0.15, 0.2) is 5.82 Å². The van der Waals surface area contributed by atoms with E-state index in [1.165, 1.54) is 23.9 Å². The van der Waals surface area contributed by atoms with Crippen LogP contribution in [0.15, 0.2) is 53.3 Å². The normalized spacial score (nSPS) is 20.1. The van der Waals surface area contributed by atoms with E-state index in [4.69, 9.17) is 21.3 Å². The van der Waals surface area contributed by atoms with Crippen molar-refractivity contribution >= 4 is 60.8 Å². The summed E-state index contributed by atoms with van der Waals surface area (Å²) in [4.78, 5) is 36.4. The Morgan fingerprint density at radius 1 is 1.03 bits per heavy atom. The molecule has 1 spiro atoms. The first kappa shape index (κ1) is 42.3. The van der Waals surface area contributed by atoms with Gasteiger partial charge in [-0.3, -0.25) is 28.2 Å². The van der Waals surface area contributed by atoms with E-state index < -0.39 is 87.7 Å². The summed E-state index contributed by atoms with van der Waals surface area (Å²) in [7, 11) is -2.43. The summed E-state index contributed by atoms with van der Waals surface area (Å²) in [6.45, 7) is 1.80. The van der Waals surface area contributed by atoms with Gasteiger partial charge in [-0.25, -0.2) is 31.0 Å². The Hall–Kier alpha value is -5.67. The number of nitrogens with zero attached hydrogens (tertiary/aromatic N) is 7. The average Bonchev–Trinajstić information content (AvgIpc) is 3.75. The maximum absolute atomic E-state index is 15.6. The number of aryl methyl sites for hydroxylation is 1. The second kappa shape index (κ2) is 14.9. The van der Waals surface area contributed by atoms with Crippen LogP contribution in [0.25, 0.3) is 27.5 Å². The zero-order valence-corrected chi connectivity index (χ0v) is 35.6. The van der Waals surface area contributed by atoms with Gasteiger partial charge in [-0.1, -0.05) is 11.6 Å². The molecule has 0 bridgehead atoms. The summed E-state index contributed by atoms with van der Waals surface area (Å²) in [5.41, 5.74) is -1.36. The highest BCUT2D eigenvalue weighted by molar-refractivity contribution is 7.92. The summed E-state index contributed by atoms with van der Waals surface area (Å²) in [6.07, 6.45) is -0.955. The third kappa shape index (κ3) is 7.15. The zero-order valence-electron chi connectivity index (χ0n) is 34.0. The number of sulfonamides is 1. The first-order valence-corrected chi connectivity index (χ1v) is 22.6. The third-order valence-electron chi connectivity index (χ3n) is 12.8. The van der Waals surface area contributed by atoms with Gasteiger partial charge in [-0.15, -0.1) is 0 Å². The quantitative estimate of drug-likeness (QED) is 0.136. The fraction of sp³-hybridized carbons (Fsp3) is 0.405. The highest BCUT2D eigenvalue weighted by atomic mass is 35.5. The number of aromatic nitrogens is 6. The summed E-state index contributed by atoms with van der Waals surface area (Å²) in [5.74, 6) is -8.87. The molecule has 10 rings (SSSR count). The number of nitrogens with one attached hydrogen (secondary N) is 2. The van der Waals surface area contributed by atoms with Crippen LogP contribution in [-0.2, 0) is 45.5 Å². The van der Waals surface area contributed by atoms with Gasteiger partial charge in [0.25, 0.3) is 17.9 Å². The number of piperidine rings is 1. The van der Waals surface area contributed by atoms with Crippen molar-refractivity contribution < 1.29 is 44.3 Å². The molecule has 2 saturated heterocycles. The van der Waals surface area contributed by atoms with Crippen molar-refractivity contribution in [2.45, 2.75) is 56.5 Å². The number of fused-ring (bicyclic) bond motifs is 5. The van der Waals surface area contributed by atoms with E-state index >= 15 is 13.6 Å². The lowest BCUT2D eigenvalue weighted by molar-refractivity contribution is -0.124. The Kier molecular flexibility index (Phi) is 9.87. The Labute approximate surface area is 365 Å². The monoisotopic (exact) mass is 929 g/mol. The number of anilines is 2. The van der Waals surface area contributed by atoms with E-state index in [0.717, 1.165) is 41.5 Å². The Balaban J connectivity index is 1.14. The fourth-order valence-corrected chi connectivity index (χ4v) is 10.4. The van der Waals surface area contributed by atoms with Crippen LogP contribution in [0.5, 0.6) is 0 Å². The van der Waals surface area contributed by atoms with Crippen molar-refractivity contribution in [2.75, 3.05) is 42.2 Å². The van der Waals surface area contributed by atoms with Crippen LogP contribution < -0.4 is 20.5 Å². The third-order valence-corrected chi connectivity index (χ3v) is 13.7. The van der Waals surface area contributed by atoms with Gasteiger partial charge in [0.1, 0.15) is 35.4 Å². The molecule has 2 N–H and O–H groups in total. The summed E-state index contributed by atoms with van der Waals surface area (Å²) in [6, 6.07) is 9.11. The van der Waals surface area contributed by atoms with Crippen LogP contribution in [-0.4, -0.2) is 76.0 Å². The van der Waals surface area contributed by atoms with Crippen molar-refractivity contribution in [1.29, 1.82) is 0 Å². The number of ether oxygens (including phenoxy) is 1. The minimum Gasteiger partial charge on any atom is -0.380 e. The second-order valence-electron chi connectivity index (χ2n) is 17.2. The molecule has 3 atom stereocenters. The van der Waals surface area contributed by atoms with Crippen molar-refractivity contribution in [3.05, 3.63) is 104 Å². The van der Waals surface area contributed by atoms with Gasteiger partial charge < -0.3 is 15.0 Å². The Morgan fingerprint density at radius 2 is 1.75 bits per heavy atom. The van der Waals surface area contributed by atoms with Crippen molar-refractivity contribution in [1.82, 2.24) is 34.4 Å². The number of amides is 1. The maximum atomic E-state index is 15.6. The van der Waals surface area contributed by atoms with E-state index in [1.807, 2.05) is 0 Å². The van der Waals surface area contributed by atoms with Crippen LogP contribution in [0, 0.1) is 23.0 Å². The van der Waals surface area contributed by atoms with E-state index in [2.05, 4.69) is 25.1 Å². The number of halogens is 7. The topological polar surface area (TPSA) is 158 Å². The van der Waals surface area contributed by atoms with Gasteiger partial charge in [0.05, 0.1) is 58.0 Å². The lowest BCUT2D eigenvalue weighted by Crippen LogP contribution is -2.50. The van der Waals surface area contributed by atoms with Gasteiger partial charge in [-0.2, -0.15) is 19.0 Å². The number of carbonyl (C=O) groups excluding carboxylic acids is 1. The average molecular weight is 930 g/mol. The highest BCUT2D eigenvalue weighted by Gasteiger charge is 2.67. The minimum absolute atomic E-state index is 0.00466. The van der Waals surface area contributed by atoms with Crippen LogP contribution in [0.2, 0.25) is 5.02 Å². The zero-order chi connectivity index (χ0) is 45.2. The summed E-state index contributed by atoms with van der Waals surface area (Å²) >= 11 is 6.66. The summed E-state index contributed by atoms with van der Waals surface area (Å²) in [5, 5.41) is 11.1. The molecule has 64 heavy (non-hydrogen) atoms. The molecule has 3 aromatic heterocycles. The van der Waals surface area contributed by atoms with Crippen molar-refractivity contribution in [3.8, 4) is 5.69 Å². The molecule has 1 amide bonds. The smallest absolute Gasteiger partial charge is 0.293 e. The number of carbonyl (C=O) groups is 1. The maximum Gasteiger partial charge on any atom is 0.293 e. The van der Waals surface area contributed by atoms with Crippen LogP contribution in [0.1, 0.15) is 66.0 Å². The molecule has 5 heterocycles. The first-order chi connectivity index (χ1) is 30.3. The lowest BCUT2D eigenvalue weighted by Gasteiger charge is -2.47. The van der Waals surface area contributed by atoms with E-state index in [0.29, 0.717) is 37.1 Å². The van der Waals surface area contributed by atoms with Crippen LogP contribution >= 0.6 is 11.6 Å². The molecule has 1 saturated carbocycles. The van der Waals surface area contributed by atoms with E-state index in [-0.39, 0.29) is 67.1 Å². The predicted molar refractivity (Wildman–Crippen MR) is 223 cm³/mol. The lowest BCUT2D eigenvalue weighted by atomic mass is 9.77. The van der Waals surface area contributed by atoms with Crippen molar-refractivity contribution in [2.24, 2.45) is 18.4 Å². The molecule has 2 aliphatic heterocycles. The van der Waals surface area contributed by atoms with E-state index in [1.54, 1.807) is 18.2 Å². The van der Waals surface area contributed by atoms with Gasteiger partial charge in [0, 0.05) is 55.2 Å². The van der Waals surface area contributed by atoms with Crippen LogP contribution in [0.4, 0.5) is 37.8 Å². The number of benzene rings is 3. The fourth-order valence-electron chi connectivity index (χ4n) is 9.68. The molecule has 22 heteroatoms. The van der Waals surface area contributed by atoms with Gasteiger partial charge >= 0.3 is 0 Å².